The molecule has 0 spiro atoms. The Bertz CT molecular complexity index is 453. The molecule has 0 aliphatic carbocycles. The van der Waals surface area contributed by atoms with Gasteiger partial charge in [-0.15, -0.1) is 11.3 Å². The topological polar surface area (TPSA) is 38.0 Å². The molecule has 0 saturated carbocycles. The van der Waals surface area contributed by atoms with Crippen LogP contribution in [0.1, 0.15) is 30.0 Å². The highest BCUT2D eigenvalue weighted by atomic mass is 35.5. The minimum absolute atomic E-state index is 0.523. The highest BCUT2D eigenvalue weighted by molar-refractivity contribution is 7.10. The molecule has 2 heterocycles. The summed E-state index contributed by atoms with van der Waals surface area (Å²) in [6.07, 6.45) is 1.87. The number of hydrogen-bond acceptors (Lipinski definition) is 3. The number of rotatable bonds is 4. The lowest BCUT2D eigenvalue weighted by molar-refractivity contribution is 0.211. The molecular weight excluding hydrogens is 244 g/mol. The summed E-state index contributed by atoms with van der Waals surface area (Å²) in [5.41, 5.74) is 0.686. The fraction of sp³-hybridized carbons (Fsp3) is 0.364. The second-order valence-corrected chi connectivity index (χ2v) is 4.91. The number of aromatic nitrogens is 2. The van der Waals surface area contributed by atoms with Gasteiger partial charge >= 0.3 is 0 Å². The predicted molar refractivity (Wildman–Crippen MR) is 65.9 cm³/mol. The molecule has 0 aliphatic heterocycles. The van der Waals surface area contributed by atoms with E-state index in [1.54, 1.807) is 10.9 Å². The summed E-state index contributed by atoms with van der Waals surface area (Å²) in [5.74, 6) is 0. The van der Waals surface area contributed by atoms with Crippen LogP contribution in [0.4, 0.5) is 0 Å². The van der Waals surface area contributed by atoms with Crippen LogP contribution < -0.4 is 0 Å². The Morgan fingerprint density at radius 1 is 1.62 bits per heavy atom. The summed E-state index contributed by atoms with van der Waals surface area (Å²) >= 11 is 7.57. The average molecular weight is 257 g/mol. The molecule has 0 saturated heterocycles. The van der Waals surface area contributed by atoms with Crippen molar-refractivity contribution in [3.63, 3.8) is 0 Å². The van der Waals surface area contributed by atoms with Crippen molar-refractivity contribution in [3.8, 4) is 0 Å². The third-order valence-corrected chi connectivity index (χ3v) is 3.56. The van der Waals surface area contributed by atoms with E-state index in [9.17, 15) is 5.11 Å². The van der Waals surface area contributed by atoms with Gasteiger partial charge in [0.25, 0.3) is 0 Å². The van der Waals surface area contributed by atoms with E-state index in [-0.39, 0.29) is 0 Å². The second-order valence-electron chi connectivity index (χ2n) is 3.52. The Morgan fingerprint density at radius 2 is 2.44 bits per heavy atom. The van der Waals surface area contributed by atoms with Gasteiger partial charge in [0.15, 0.2) is 0 Å². The Balaban J connectivity index is 2.35. The van der Waals surface area contributed by atoms with Crippen molar-refractivity contribution in [2.75, 3.05) is 0 Å². The predicted octanol–water partition coefficient (Wildman–Crippen LogP) is 3.09. The zero-order valence-corrected chi connectivity index (χ0v) is 10.5. The molecule has 2 aromatic heterocycles. The van der Waals surface area contributed by atoms with Gasteiger partial charge < -0.3 is 5.11 Å². The molecule has 1 atom stereocenters. The van der Waals surface area contributed by atoms with Crippen LogP contribution in [0.2, 0.25) is 5.02 Å². The second kappa shape index (κ2) is 4.99. The van der Waals surface area contributed by atoms with E-state index >= 15 is 0 Å². The van der Waals surface area contributed by atoms with E-state index in [1.165, 1.54) is 11.3 Å². The maximum atomic E-state index is 10.2. The van der Waals surface area contributed by atoms with Gasteiger partial charge in [-0.25, -0.2) is 0 Å². The molecule has 0 aliphatic rings. The minimum atomic E-state index is -0.679. The van der Waals surface area contributed by atoms with E-state index in [0.29, 0.717) is 10.7 Å². The third kappa shape index (κ3) is 2.14. The molecule has 16 heavy (non-hydrogen) atoms. The van der Waals surface area contributed by atoms with Crippen LogP contribution in [-0.4, -0.2) is 14.9 Å². The van der Waals surface area contributed by atoms with Crippen molar-refractivity contribution >= 4 is 22.9 Å². The normalized spacial score (nSPS) is 12.9. The number of hydrogen-bond donors (Lipinski definition) is 1. The van der Waals surface area contributed by atoms with Crippen LogP contribution >= 0.6 is 22.9 Å². The third-order valence-electron chi connectivity index (χ3n) is 2.34. The Labute approximate surface area is 103 Å². The number of halogens is 1. The highest BCUT2D eigenvalue weighted by Gasteiger charge is 2.20. The van der Waals surface area contributed by atoms with Crippen molar-refractivity contribution in [3.05, 3.63) is 39.3 Å². The van der Waals surface area contributed by atoms with Crippen molar-refractivity contribution in [1.29, 1.82) is 0 Å². The monoisotopic (exact) mass is 256 g/mol. The molecule has 2 rings (SSSR count). The lowest BCUT2D eigenvalue weighted by Crippen LogP contribution is -2.09. The molecule has 1 unspecified atom stereocenters. The van der Waals surface area contributed by atoms with Crippen LogP contribution in [0, 0.1) is 0 Å². The zero-order valence-electron chi connectivity index (χ0n) is 8.93. The van der Waals surface area contributed by atoms with Crippen LogP contribution in [0.15, 0.2) is 23.7 Å². The molecule has 0 amide bonds. The fourth-order valence-corrected chi connectivity index (χ4v) is 2.57. The molecule has 0 radical (unpaired) electrons. The van der Waals surface area contributed by atoms with Crippen LogP contribution in [-0.2, 0) is 6.54 Å². The largest absolute Gasteiger partial charge is 0.381 e. The van der Waals surface area contributed by atoms with Gasteiger partial charge in [-0.1, -0.05) is 24.6 Å². The zero-order chi connectivity index (χ0) is 11.5. The maximum absolute atomic E-state index is 10.2. The highest BCUT2D eigenvalue weighted by Crippen LogP contribution is 2.30. The molecule has 0 fully saturated rings. The van der Waals surface area contributed by atoms with Crippen LogP contribution in [0.5, 0.6) is 0 Å². The van der Waals surface area contributed by atoms with Crippen molar-refractivity contribution < 1.29 is 5.11 Å². The number of aliphatic hydroxyl groups excluding tert-OH is 1. The van der Waals surface area contributed by atoms with E-state index in [4.69, 9.17) is 11.6 Å². The van der Waals surface area contributed by atoms with Gasteiger partial charge in [-0.05, 0) is 17.9 Å². The summed E-state index contributed by atoms with van der Waals surface area (Å²) < 4.78 is 1.77. The molecule has 86 valence electrons. The first-order valence-corrected chi connectivity index (χ1v) is 6.42. The quantitative estimate of drug-likeness (QED) is 0.913. The van der Waals surface area contributed by atoms with Gasteiger partial charge in [0.1, 0.15) is 6.10 Å². The summed E-state index contributed by atoms with van der Waals surface area (Å²) in [5, 5.41) is 16.8. The summed E-state index contributed by atoms with van der Waals surface area (Å²) in [7, 11) is 0. The van der Waals surface area contributed by atoms with Crippen molar-refractivity contribution in [2.45, 2.75) is 26.0 Å². The van der Waals surface area contributed by atoms with E-state index in [0.717, 1.165) is 17.8 Å². The van der Waals surface area contributed by atoms with Gasteiger partial charge in [0.05, 0.1) is 16.9 Å². The summed E-state index contributed by atoms with van der Waals surface area (Å²) in [4.78, 5) is 0.889. The van der Waals surface area contributed by atoms with E-state index in [1.807, 2.05) is 17.5 Å². The SMILES string of the molecule is CCCn1ncc(Cl)c1C(O)c1cccs1. The van der Waals surface area contributed by atoms with Crippen molar-refractivity contribution in [2.24, 2.45) is 0 Å². The number of thiophene rings is 1. The lowest BCUT2D eigenvalue weighted by atomic mass is 10.2. The first-order valence-electron chi connectivity index (χ1n) is 5.16. The molecule has 0 aromatic carbocycles. The molecule has 5 heteroatoms. The fourth-order valence-electron chi connectivity index (χ4n) is 1.62. The summed E-state index contributed by atoms with van der Waals surface area (Å²) in [6, 6.07) is 3.81. The number of aliphatic hydroxyl groups is 1. The smallest absolute Gasteiger partial charge is 0.131 e. The van der Waals surface area contributed by atoms with Crippen LogP contribution in [0.25, 0.3) is 0 Å². The van der Waals surface area contributed by atoms with Crippen LogP contribution in [0.3, 0.4) is 0 Å². The van der Waals surface area contributed by atoms with Gasteiger partial charge in [-0.3, -0.25) is 4.68 Å². The first-order chi connectivity index (χ1) is 7.74. The molecule has 1 N–H and O–H groups in total. The molecule has 2 aromatic rings. The number of nitrogens with zero attached hydrogens (tertiary/aromatic N) is 2. The maximum Gasteiger partial charge on any atom is 0.131 e. The van der Waals surface area contributed by atoms with Gasteiger partial charge in [-0.2, -0.15) is 5.10 Å². The Morgan fingerprint density at radius 3 is 3.06 bits per heavy atom. The summed E-state index contributed by atoms with van der Waals surface area (Å²) in [6.45, 7) is 2.83. The van der Waals surface area contributed by atoms with Gasteiger partial charge in [0, 0.05) is 11.4 Å². The molecule has 0 bridgehead atoms. The standard InChI is InChI=1S/C11H13ClN2OS/c1-2-5-14-10(8(12)7-13-14)11(15)9-4-3-6-16-9/h3-4,6-7,11,15H,2,5H2,1H3. The lowest BCUT2D eigenvalue weighted by Gasteiger charge is -2.12. The first kappa shape index (κ1) is 11.6. The Hall–Kier alpha value is -0.840. The molecule has 3 nitrogen and oxygen atoms in total. The van der Waals surface area contributed by atoms with E-state index < -0.39 is 6.10 Å². The van der Waals surface area contributed by atoms with E-state index in [2.05, 4.69) is 12.0 Å². The Kier molecular flexibility index (Phi) is 3.63. The molecular formula is C11H13ClN2OS. The number of aryl methyl sites for hydroxylation is 1. The van der Waals surface area contributed by atoms with Gasteiger partial charge in [0.2, 0.25) is 0 Å². The minimum Gasteiger partial charge on any atom is -0.381 e. The average Bonchev–Trinajstić information content (AvgIpc) is 2.88. The van der Waals surface area contributed by atoms with Crippen molar-refractivity contribution in [1.82, 2.24) is 9.78 Å².